The first-order valence-corrected chi connectivity index (χ1v) is 12.4. The maximum Gasteiger partial charge on any atom is 0.340 e. The highest BCUT2D eigenvalue weighted by atomic mass is 35.5. The van der Waals surface area contributed by atoms with Crippen LogP contribution in [0.25, 0.3) is 16.6 Å². The Hall–Kier alpha value is -4.04. The number of carboxylic acid groups (broad SMARTS) is 1. The van der Waals surface area contributed by atoms with Crippen LogP contribution in [0.5, 0.6) is 17.4 Å². The van der Waals surface area contributed by atoms with Gasteiger partial charge in [-0.05, 0) is 68.8 Å². The predicted molar refractivity (Wildman–Crippen MR) is 140 cm³/mol. The second kappa shape index (κ2) is 11.3. The summed E-state index contributed by atoms with van der Waals surface area (Å²) >= 11 is 5.84. The summed E-state index contributed by atoms with van der Waals surface area (Å²) in [5, 5.41) is 10.2. The van der Waals surface area contributed by atoms with Crippen molar-refractivity contribution in [2.45, 2.75) is 39.2 Å². The molecule has 192 valence electrons. The van der Waals surface area contributed by atoms with Crippen molar-refractivity contribution in [2.24, 2.45) is 0 Å². The first-order valence-electron chi connectivity index (χ1n) is 11.8. The smallest absolute Gasteiger partial charge is 0.340 e. The summed E-state index contributed by atoms with van der Waals surface area (Å²) in [7, 11) is 0. The fourth-order valence-corrected chi connectivity index (χ4v) is 4.20. The number of aliphatic carboxylic acids is 1. The van der Waals surface area contributed by atoms with Gasteiger partial charge in [0.25, 0.3) is 0 Å². The van der Waals surface area contributed by atoms with E-state index in [-0.39, 0.29) is 24.7 Å². The molecule has 8 nitrogen and oxygen atoms in total. The molecule has 2 aromatic heterocycles. The second-order valence-electron chi connectivity index (χ2n) is 8.53. The highest BCUT2D eigenvalue weighted by Crippen LogP contribution is 2.35. The number of ether oxygens (including phenoxy) is 3. The SMILES string of the molecule is CCOC(=O)c1c(CC(=O)O)n(-c2ccc(OC(C)C)cc2)c2ccc(Oc3ccc(CCl)cn3)cc12. The van der Waals surface area contributed by atoms with E-state index in [9.17, 15) is 14.7 Å². The van der Waals surface area contributed by atoms with E-state index in [1.165, 1.54) is 0 Å². The minimum Gasteiger partial charge on any atom is -0.491 e. The molecule has 0 saturated heterocycles. The average molecular weight is 523 g/mol. The Morgan fingerprint density at radius 2 is 1.78 bits per heavy atom. The molecule has 4 rings (SSSR count). The molecule has 4 aromatic rings. The zero-order valence-corrected chi connectivity index (χ0v) is 21.5. The number of esters is 1. The molecule has 0 saturated carbocycles. The molecule has 0 atom stereocenters. The third-order valence-electron chi connectivity index (χ3n) is 5.48. The molecule has 0 unspecified atom stereocenters. The van der Waals surface area contributed by atoms with Crippen LogP contribution in [0.15, 0.2) is 60.8 Å². The van der Waals surface area contributed by atoms with Gasteiger partial charge >= 0.3 is 11.9 Å². The van der Waals surface area contributed by atoms with Crippen molar-refractivity contribution in [3.05, 3.63) is 77.6 Å². The molecule has 1 N–H and O–H groups in total. The average Bonchev–Trinajstić information content (AvgIpc) is 3.17. The van der Waals surface area contributed by atoms with Gasteiger partial charge in [-0.2, -0.15) is 0 Å². The van der Waals surface area contributed by atoms with Gasteiger partial charge in [-0.1, -0.05) is 6.07 Å². The molecule has 9 heteroatoms. The van der Waals surface area contributed by atoms with Crippen molar-refractivity contribution < 1.29 is 28.9 Å². The van der Waals surface area contributed by atoms with Crippen molar-refractivity contribution in [3.63, 3.8) is 0 Å². The lowest BCUT2D eigenvalue weighted by atomic mass is 10.1. The number of carbonyl (C=O) groups excluding carboxylic acids is 1. The maximum absolute atomic E-state index is 13.1. The van der Waals surface area contributed by atoms with Crippen molar-refractivity contribution in [1.82, 2.24) is 9.55 Å². The van der Waals surface area contributed by atoms with Gasteiger partial charge in [-0.25, -0.2) is 9.78 Å². The molecule has 0 bridgehead atoms. The number of carbonyl (C=O) groups is 2. The fourth-order valence-electron chi connectivity index (χ4n) is 4.04. The minimum absolute atomic E-state index is 0.00953. The topological polar surface area (TPSA) is 99.9 Å². The van der Waals surface area contributed by atoms with Crippen LogP contribution in [0.2, 0.25) is 0 Å². The van der Waals surface area contributed by atoms with Crippen molar-refractivity contribution in [3.8, 4) is 23.1 Å². The summed E-state index contributed by atoms with van der Waals surface area (Å²) in [6.07, 6.45) is 1.25. The van der Waals surface area contributed by atoms with Gasteiger partial charge in [-0.3, -0.25) is 4.79 Å². The summed E-state index contributed by atoms with van der Waals surface area (Å²) in [6, 6.07) is 16.0. The number of aromatic nitrogens is 2. The first kappa shape index (κ1) is 26.0. The summed E-state index contributed by atoms with van der Waals surface area (Å²) < 4.78 is 18.7. The van der Waals surface area contributed by atoms with Crippen LogP contribution in [0, 0.1) is 0 Å². The zero-order chi connectivity index (χ0) is 26.5. The van der Waals surface area contributed by atoms with Crippen LogP contribution in [0.3, 0.4) is 0 Å². The fraction of sp³-hybridized carbons (Fsp3) is 0.250. The molecule has 2 aromatic carbocycles. The van der Waals surface area contributed by atoms with Crippen LogP contribution >= 0.6 is 11.6 Å². The number of pyridine rings is 1. The summed E-state index contributed by atoms with van der Waals surface area (Å²) in [6.45, 7) is 5.72. The number of hydrogen-bond acceptors (Lipinski definition) is 6. The quantitative estimate of drug-likeness (QED) is 0.197. The molecule has 0 spiro atoms. The minimum atomic E-state index is -1.07. The highest BCUT2D eigenvalue weighted by Gasteiger charge is 2.26. The number of benzene rings is 2. The van der Waals surface area contributed by atoms with E-state index in [1.54, 1.807) is 42.0 Å². The van der Waals surface area contributed by atoms with E-state index >= 15 is 0 Å². The predicted octanol–water partition coefficient (Wildman–Crippen LogP) is 6.15. The Morgan fingerprint density at radius 3 is 2.38 bits per heavy atom. The van der Waals surface area contributed by atoms with Crippen LogP contribution in [-0.2, 0) is 21.8 Å². The Balaban J connectivity index is 1.87. The number of hydrogen-bond donors (Lipinski definition) is 1. The maximum atomic E-state index is 13.1. The van der Waals surface area contributed by atoms with Crippen molar-refractivity contribution in [1.29, 1.82) is 0 Å². The zero-order valence-electron chi connectivity index (χ0n) is 20.7. The molecular weight excluding hydrogens is 496 g/mol. The molecule has 0 aliphatic rings. The number of carboxylic acids is 1. The Morgan fingerprint density at radius 1 is 1.05 bits per heavy atom. The number of halogens is 1. The van der Waals surface area contributed by atoms with Crippen LogP contribution < -0.4 is 9.47 Å². The summed E-state index contributed by atoms with van der Waals surface area (Å²) in [4.78, 5) is 29.2. The molecule has 0 amide bonds. The van der Waals surface area contributed by atoms with Gasteiger partial charge in [-0.15, -0.1) is 11.6 Å². The van der Waals surface area contributed by atoms with Gasteiger partial charge < -0.3 is 23.9 Å². The molecule has 37 heavy (non-hydrogen) atoms. The van der Waals surface area contributed by atoms with Crippen LogP contribution in [-0.4, -0.2) is 39.3 Å². The first-order chi connectivity index (χ1) is 17.8. The summed E-state index contributed by atoms with van der Waals surface area (Å²) in [5.41, 5.74) is 2.65. The molecule has 0 aliphatic heterocycles. The highest BCUT2D eigenvalue weighted by molar-refractivity contribution is 6.17. The van der Waals surface area contributed by atoms with E-state index in [0.29, 0.717) is 45.5 Å². The standard InChI is InChI=1S/C28H27ClN2O6/c1-4-35-28(34)27-22-13-21(37-25-12-5-18(15-29)16-30-25)10-11-23(22)31(24(27)14-26(32)33)19-6-8-20(9-7-19)36-17(2)3/h5-13,16-17H,4,14-15H2,1-3H3,(H,32,33). The number of fused-ring (bicyclic) bond motifs is 1. The monoisotopic (exact) mass is 522 g/mol. The van der Waals surface area contributed by atoms with Gasteiger partial charge in [0.1, 0.15) is 11.5 Å². The number of rotatable bonds is 10. The Kier molecular flexibility index (Phi) is 7.98. The van der Waals surface area contributed by atoms with E-state index in [0.717, 1.165) is 5.56 Å². The van der Waals surface area contributed by atoms with Gasteiger partial charge in [0.2, 0.25) is 5.88 Å². The van der Waals surface area contributed by atoms with E-state index in [2.05, 4.69) is 4.98 Å². The van der Waals surface area contributed by atoms with E-state index in [1.807, 2.05) is 44.2 Å². The molecule has 2 heterocycles. The Bertz CT molecular complexity index is 1410. The van der Waals surface area contributed by atoms with Crippen molar-refractivity contribution >= 4 is 34.4 Å². The Labute approximate surface area is 219 Å². The molecule has 0 radical (unpaired) electrons. The van der Waals surface area contributed by atoms with Crippen LogP contribution in [0.1, 0.15) is 42.4 Å². The number of alkyl halides is 1. The largest absolute Gasteiger partial charge is 0.491 e. The normalized spacial score (nSPS) is 11.1. The molecular formula is C28H27ClN2O6. The molecule has 0 fully saturated rings. The molecule has 0 aliphatic carbocycles. The third kappa shape index (κ3) is 5.86. The lowest BCUT2D eigenvalue weighted by molar-refractivity contribution is -0.136. The van der Waals surface area contributed by atoms with Crippen LogP contribution in [0.4, 0.5) is 0 Å². The third-order valence-corrected chi connectivity index (χ3v) is 5.78. The van der Waals surface area contributed by atoms with E-state index in [4.69, 9.17) is 25.8 Å². The second-order valence-corrected chi connectivity index (χ2v) is 8.80. The number of nitrogens with zero attached hydrogens (tertiary/aromatic N) is 2. The van der Waals surface area contributed by atoms with Gasteiger partial charge in [0.05, 0.1) is 30.2 Å². The lowest BCUT2D eigenvalue weighted by Gasteiger charge is -2.13. The summed E-state index contributed by atoms with van der Waals surface area (Å²) in [5.74, 6) is 0.134. The lowest BCUT2D eigenvalue weighted by Crippen LogP contribution is -2.13. The van der Waals surface area contributed by atoms with Crippen molar-refractivity contribution in [2.75, 3.05) is 6.61 Å². The van der Waals surface area contributed by atoms with Gasteiger partial charge in [0.15, 0.2) is 0 Å². The van der Waals surface area contributed by atoms with E-state index < -0.39 is 11.9 Å². The van der Waals surface area contributed by atoms with Gasteiger partial charge in [0, 0.05) is 34.9 Å².